The van der Waals surface area contributed by atoms with Crippen molar-refractivity contribution in [2.75, 3.05) is 0 Å². The number of aromatic nitrogens is 1. The van der Waals surface area contributed by atoms with E-state index in [4.69, 9.17) is 0 Å². The summed E-state index contributed by atoms with van der Waals surface area (Å²) in [4.78, 5) is 4.04. The molecule has 0 saturated heterocycles. The number of thiazole rings is 1. The average Bonchev–Trinajstić information content (AvgIpc) is 2.35. The highest BCUT2D eigenvalue weighted by Crippen LogP contribution is 2.20. The maximum Gasteiger partial charge on any atom is 0.0970 e. The van der Waals surface area contributed by atoms with Crippen molar-refractivity contribution in [1.82, 2.24) is 4.98 Å². The zero-order chi connectivity index (χ0) is 8.27. The molecule has 0 aliphatic heterocycles. The highest BCUT2D eigenvalue weighted by atomic mass is 32.1. The van der Waals surface area contributed by atoms with Crippen LogP contribution in [0.15, 0.2) is 10.9 Å². The molecule has 0 fully saturated rings. The van der Waals surface area contributed by atoms with Crippen LogP contribution in [0.25, 0.3) is 0 Å². The van der Waals surface area contributed by atoms with Gasteiger partial charge in [-0.1, -0.05) is 13.8 Å². The predicted molar refractivity (Wildman–Crippen MR) is 46.5 cm³/mol. The van der Waals surface area contributed by atoms with Crippen LogP contribution in [-0.4, -0.2) is 10.1 Å². The summed E-state index contributed by atoms with van der Waals surface area (Å²) in [7, 11) is 0. The maximum atomic E-state index is 9.52. The first kappa shape index (κ1) is 8.68. The molecule has 1 heterocycles. The van der Waals surface area contributed by atoms with Gasteiger partial charge in [-0.3, -0.25) is 0 Å². The fourth-order valence-electron chi connectivity index (χ4n) is 0.954. The zero-order valence-corrected chi connectivity index (χ0v) is 7.64. The lowest BCUT2D eigenvalue weighted by Crippen LogP contribution is -2.01. The van der Waals surface area contributed by atoms with E-state index >= 15 is 0 Å². The van der Waals surface area contributed by atoms with E-state index in [-0.39, 0.29) is 6.10 Å². The Labute approximate surface area is 70.9 Å². The van der Waals surface area contributed by atoms with Gasteiger partial charge in [0.1, 0.15) is 0 Å². The molecule has 1 unspecified atom stereocenters. The van der Waals surface area contributed by atoms with E-state index in [1.807, 2.05) is 5.38 Å². The fourth-order valence-corrected chi connectivity index (χ4v) is 1.55. The molecule has 0 amide bonds. The average molecular weight is 171 g/mol. The minimum Gasteiger partial charge on any atom is -0.387 e. The van der Waals surface area contributed by atoms with Crippen molar-refractivity contribution in [3.8, 4) is 0 Å². The van der Waals surface area contributed by atoms with Crippen LogP contribution in [0, 0.1) is 5.92 Å². The van der Waals surface area contributed by atoms with Crippen molar-refractivity contribution in [2.45, 2.75) is 26.4 Å². The minimum atomic E-state index is -0.374. The van der Waals surface area contributed by atoms with E-state index in [0.717, 1.165) is 12.1 Å². The minimum absolute atomic E-state index is 0.374. The number of hydrogen-bond acceptors (Lipinski definition) is 3. The number of aliphatic hydroxyl groups is 1. The number of hydrogen-bond donors (Lipinski definition) is 1. The zero-order valence-electron chi connectivity index (χ0n) is 6.82. The molecule has 0 aliphatic rings. The van der Waals surface area contributed by atoms with Crippen LogP contribution in [0.3, 0.4) is 0 Å². The van der Waals surface area contributed by atoms with Gasteiger partial charge in [0, 0.05) is 5.38 Å². The first-order valence-corrected chi connectivity index (χ1v) is 4.70. The topological polar surface area (TPSA) is 33.1 Å². The van der Waals surface area contributed by atoms with E-state index < -0.39 is 0 Å². The summed E-state index contributed by atoms with van der Waals surface area (Å²) in [6.07, 6.45) is 0.422. The molecule has 0 spiro atoms. The lowest BCUT2D eigenvalue weighted by molar-refractivity contribution is 0.147. The predicted octanol–water partition coefficient (Wildman–Crippen LogP) is 2.22. The highest BCUT2D eigenvalue weighted by Gasteiger charge is 2.10. The van der Waals surface area contributed by atoms with Crippen LogP contribution in [0.1, 0.15) is 32.1 Å². The largest absolute Gasteiger partial charge is 0.387 e. The maximum absolute atomic E-state index is 9.52. The molecule has 0 aliphatic carbocycles. The summed E-state index contributed by atoms with van der Waals surface area (Å²) in [5.41, 5.74) is 2.56. The van der Waals surface area contributed by atoms with E-state index in [9.17, 15) is 5.11 Å². The molecule has 1 aromatic rings. The summed E-state index contributed by atoms with van der Waals surface area (Å²) >= 11 is 1.52. The summed E-state index contributed by atoms with van der Waals surface area (Å²) in [6, 6.07) is 0. The Bertz CT molecular complexity index is 196. The molecule has 1 atom stereocenters. The Morgan fingerprint density at radius 2 is 2.36 bits per heavy atom. The molecule has 11 heavy (non-hydrogen) atoms. The summed E-state index contributed by atoms with van der Waals surface area (Å²) in [6.45, 7) is 4.19. The Balaban J connectivity index is 2.49. The SMILES string of the molecule is CC(C)CC(O)c1cscn1. The fraction of sp³-hybridized carbons (Fsp3) is 0.625. The first-order valence-electron chi connectivity index (χ1n) is 3.76. The second kappa shape index (κ2) is 3.83. The Hall–Kier alpha value is -0.410. The highest BCUT2D eigenvalue weighted by molar-refractivity contribution is 7.07. The molecule has 62 valence electrons. The normalized spacial score (nSPS) is 13.8. The van der Waals surface area contributed by atoms with Gasteiger partial charge in [-0.15, -0.1) is 11.3 Å². The van der Waals surface area contributed by atoms with Crippen LogP contribution >= 0.6 is 11.3 Å². The van der Waals surface area contributed by atoms with Crippen LogP contribution in [0.2, 0.25) is 0 Å². The van der Waals surface area contributed by atoms with Crippen molar-refractivity contribution in [3.05, 3.63) is 16.6 Å². The van der Waals surface area contributed by atoms with Crippen LogP contribution in [0.5, 0.6) is 0 Å². The van der Waals surface area contributed by atoms with Gasteiger partial charge in [0.15, 0.2) is 0 Å². The van der Waals surface area contributed by atoms with E-state index in [0.29, 0.717) is 5.92 Å². The van der Waals surface area contributed by atoms with Crippen molar-refractivity contribution in [3.63, 3.8) is 0 Å². The third-order valence-corrected chi connectivity index (χ3v) is 2.09. The molecular formula is C8H13NOS. The monoisotopic (exact) mass is 171 g/mol. The van der Waals surface area contributed by atoms with Gasteiger partial charge in [0.05, 0.1) is 17.3 Å². The standard InChI is InChI=1S/C8H13NOS/c1-6(2)3-8(10)7-4-11-5-9-7/h4-6,8,10H,3H2,1-2H3. The van der Waals surface area contributed by atoms with E-state index in [1.165, 1.54) is 11.3 Å². The number of nitrogens with zero attached hydrogens (tertiary/aromatic N) is 1. The van der Waals surface area contributed by atoms with Crippen molar-refractivity contribution < 1.29 is 5.11 Å². The molecule has 1 aromatic heterocycles. The Kier molecular flexibility index (Phi) is 3.02. The summed E-state index contributed by atoms with van der Waals surface area (Å²) in [5.74, 6) is 0.520. The van der Waals surface area contributed by atoms with Crippen molar-refractivity contribution in [2.24, 2.45) is 5.92 Å². The molecular weight excluding hydrogens is 158 g/mol. The summed E-state index contributed by atoms with van der Waals surface area (Å²) in [5, 5.41) is 11.4. The smallest absolute Gasteiger partial charge is 0.0970 e. The molecule has 1 N–H and O–H groups in total. The lowest BCUT2D eigenvalue weighted by atomic mass is 10.0. The molecule has 0 saturated carbocycles. The van der Waals surface area contributed by atoms with Gasteiger partial charge >= 0.3 is 0 Å². The van der Waals surface area contributed by atoms with Gasteiger partial charge in [-0.2, -0.15) is 0 Å². The molecule has 2 nitrogen and oxygen atoms in total. The number of aliphatic hydroxyl groups excluding tert-OH is 1. The summed E-state index contributed by atoms with van der Waals surface area (Å²) < 4.78 is 0. The molecule has 0 bridgehead atoms. The molecule has 1 rings (SSSR count). The molecule has 0 aromatic carbocycles. The second-order valence-corrected chi connectivity index (χ2v) is 3.78. The van der Waals surface area contributed by atoms with Gasteiger partial charge < -0.3 is 5.11 Å². The third kappa shape index (κ3) is 2.60. The third-order valence-electron chi connectivity index (χ3n) is 1.49. The second-order valence-electron chi connectivity index (χ2n) is 3.06. The van der Waals surface area contributed by atoms with Gasteiger partial charge in [0.25, 0.3) is 0 Å². The Morgan fingerprint density at radius 1 is 1.64 bits per heavy atom. The van der Waals surface area contributed by atoms with Crippen LogP contribution in [0.4, 0.5) is 0 Å². The van der Waals surface area contributed by atoms with Crippen molar-refractivity contribution in [1.29, 1.82) is 0 Å². The van der Waals surface area contributed by atoms with Gasteiger partial charge in [-0.25, -0.2) is 4.98 Å². The van der Waals surface area contributed by atoms with Gasteiger partial charge in [0.2, 0.25) is 0 Å². The Morgan fingerprint density at radius 3 is 2.82 bits per heavy atom. The number of rotatable bonds is 3. The van der Waals surface area contributed by atoms with Gasteiger partial charge in [-0.05, 0) is 12.3 Å². The molecule has 3 heteroatoms. The quantitative estimate of drug-likeness (QED) is 0.756. The van der Waals surface area contributed by atoms with Crippen LogP contribution < -0.4 is 0 Å². The molecule has 0 radical (unpaired) electrons. The van der Waals surface area contributed by atoms with Crippen LogP contribution in [-0.2, 0) is 0 Å². The first-order chi connectivity index (χ1) is 5.20. The van der Waals surface area contributed by atoms with E-state index in [1.54, 1.807) is 5.51 Å². The van der Waals surface area contributed by atoms with E-state index in [2.05, 4.69) is 18.8 Å². The lowest BCUT2D eigenvalue weighted by Gasteiger charge is -2.09. The van der Waals surface area contributed by atoms with Crippen molar-refractivity contribution >= 4 is 11.3 Å².